The molecular weight excluding hydrogens is 284 g/mol. The Morgan fingerprint density at radius 2 is 1.65 bits per heavy atom. The van der Waals surface area contributed by atoms with Crippen LogP contribution in [-0.4, -0.2) is 28.7 Å². The van der Waals surface area contributed by atoms with Gasteiger partial charge in [0.05, 0.1) is 12.1 Å². The number of amides is 1. The van der Waals surface area contributed by atoms with Gasteiger partial charge in [-0.2, -0.15) is 0 Å². The molecule has 0 spiro atoms. The van der Waals surface area contributed by atoms with Crippen LogP contribution in [0.2, 0.25) is 0 Å². The smallest absolute Gasteiger partial charge is 0.231 e. The molecule has 0 aromatic rings. The van der Waals surface area contributed by atoms with Crippen molar-refractivity contribution >= 4 is 11.7 Å². The Hall–Kier alpha value is -0.860. The monoisotopic (exact) mass is 314 g/mol. The predicted molar refractivity (Wildman–Crippen MR) is 91.1 cm³/mol. The Labute approximate surface area is 139 Å². The second kappa shape index (κ2) is 5.07. The van der Waals surface area contributed by atoms with Crippen LogP contribution in [-0.2, 0) is 4.79 Å². The van der Waals surface area contributed by atoms with E-state index in [9.17, 15) is 4.79 Å². The van der Waals surface area contributed by atoms with E-state index in [1.54, 1.807) is 0 Å². The van der Waals surface area contributed by atoms with Gasteiger partial charge >= 0.3 is 0 Å². The number of nitrogens with zero attached hydrogens (tertiary/aromatic N) is 2. The zero-order valence-electron chi connectivity index (χ0n) is 14.6. The van der Waals surface area contributed by atoms with E-state index in [1.165, 1.54) is 44.4 Å². The van der Waals surface area contributed by atoms with Crippen LogP contribution >= 0.6 is 0 Å². The van der Waals surface area contributed by atoms with Gasteiger partial charge in [0, 0.05) is 11.8 Å². The van der Waals surface area contributed by atoms with Gasteiger partial charge in [-0.25, -0.2) is 0 Å². The highest BCUT2D eigenvalue weighted by Crippen LogP contribution is 2.53. The minimum absolute atomic E-state index is 0.325. The molecule has 3 heteroatoms. The van der Waals surface area contributed by atoms with Gasteiger partial charge in [0.15, 0.2) is 0 Å². The van der Waals surface area contributed by atoms with Crippen molar-refractivity contribution in [3.8, 4) is 0 Å². The molecule has 8 unspecified atom stereocenters. The maximum Gasteiger partial charge on any atom is 0.231 e. The van der Waals surface area contributed by atoms with Gasteiger partial charge in [0.1, 0.15) is 5.84 Å². The number of carbonyl (C=O) groups excluding carboxylic acids is 1. The van der Waals surface area contributed by atoms with Crippen molar-refractivity contribution in [2.45, 2.75) is 77.3 Å². The van der Waals surface area contributed by atoms with Crippen molar-refractivity contribution in [3.63, 3.8) is 0 Å². The second-order valence-electron chi connectivity index (χ2n) is 9.17. The molecule has 0 aromatic carbocycles. The Kier molecular flexibility index (Phi) is 3.19. The highest BCUT2D eigenvalue weighted by molar-refractivity contribution is 6.05. The fourth-order valence-corrected chi connectivity index (χ4v) is 6.73. The molecule has 5 rings (SSSR count). The summed E-state index contributed by atoms with van der Waals surface area (Å²) in [4.78, 5) is 20.8. The summed E-state index contributed by atoms with van der Waals surface area (Å²) in [5, 5.41) is 0. The van der Waals surface area contributed by atoms with Gasteiger partial charge in [-0.15, -0.1) is 0 Å². The first-order chi connectivity index (χ1) is 11.1. The van der Waals surface area contributed by atoms with E-state index >= 15 is 0 Å². The molecule has 126 valence electrons. The molecule has 1 amide bonds. The van der Waals surface area contributed by atoms with Crippen LogP contribution in [0.15, 0.2) is 4.99 Å². The van der Waals surface area contributed by atoms with E-state index in [-0.39, 0.29) is 0 Å². The molecule has 3 saturated carbocycles. The SMILES string of the molecule is CC1CC2N=C3C4CCCC5CCCC(C(=O)N3C2CC1C)C54. The summed E-state index contributed by atoms with van der Waals surface area (Å²) >= 11 is 0. The number of carbonyl (C=O) groups is 1. The maximum atomic E-state index is 13.4. The maximum absolute atomic E-state index is 13.4. The van der Waals surface area contributed by atoms with E-state index < -0.39 is 0 Å². The molecule has 4 fully saturated rings. The molecule has 0 N–H and O–H groups in total. The van der Waals surface area contributed by atoms with Crippen LogP contribution in [0.3, 0.4) is 0 Å². The minimum Gasteiger partial charge on any atom is -0.295 e. The summed E-state index contributed by atoms with van der Waals surface area (Å²) in [5.74, 6) is 5.54. The Morgan fingerprint density at radius 3 is 2.43 bits per heavy atom. The van der Waals surface area contributed by atoms with Crippen LogP contribution in [0.1, 0.15) is 65.2 Å². The lowest BCUT2D eigenvalue weighted by Gasteiger charge is -2.52. The van der Waals surface area contributed by atoms with Gasteiger partial charge in [0.2, 0.25) is 5.91 Å². The molecule has 23 heavy (non-hydrogen) atoms. The van der Waals surface area contributed by atoms with E-state index in [0.29, 0.717) is 35.7 Å². The van der Waals surface area contributed by atoms with Crippen LogP contribution in [0, 0.1) is 35.5 Å². The van der Waals surface area contributed by atoms with Gasteiger partial charge in [-0.05, 0) is 49.4 Å². The summed E-state index contributed by atoms with van der Waals surface area (Å²) in [7, 11) is 0. The predicted octanol–water partition coefficient (Wildman–Crippen LogP) is 3.88. The van der Waals surface area contributed by atoms with Crippen LogP contribution in [0.5, 0.6) is 0 Å². The summed E-state index contributed by atoms with van der Waals surface area (Å²) in [6.45, 7) is 4.74. The molecular formula is C20H30N2O. The lowest BCUT2D eigenvalue weighted by atomic mass is 9.58. The molecule has 3 aliphatic carbocycles. The first-order valence-electron chi connectivity index (χ1n) is 10.1. The first kappa shape index (κ1) is 14.5. The van der Waals surface area contributed by atoms with Gasteiger partial charge in [-0.1, -0.05) is 39.5 Å². The zero-order chi connectivity index (χ0) is 15.7. The average molecular weight is 314 g/mol. The summed E-state index contributed by atoms with van der Waals surface area (Å²) in [6.07, 6.45) is 10.1. The molecule has 8 atom stereocenters. The summed E-state index contributed by atoms with van der Waals surface area (Å²) < 4.78 is 0. The van der Waals surface area contributed by atoms with Crippen LogP contribution in [0.25, 0.3) is 0 Å². The van der Waals surface area contributed by atoms with E-state index in [1.807, 2.05) is 0 Å². The van der Waals surface area contributed by atoms with Crippen molar-refractivity contribution in [3.05, 3.63) is 0 Å². The molecule has 0 bridgehead atoms. The number of piperidine rings is 1. The van der Waals surface area contributed by atoms with Crippen molar-refractivity contribution in [2.24, 2.45) is 40.5 Å². The van der Waals surface area contributed by atoms with E-state index in [4.69, 9.17) is 4.99 Å². The van der Waals surface area contributed by atoms with Crippen molar-refractivity contribution < 1.29 is 4.79 Å². The van der Waals surface area contributed by atoms with Crippen LogP contribution < -0.4 is 0 Å². The zero-order valence-corrected chi connectivity index (χ0v) is 14.6. The molecule has 2 aliphatic heterocycles. The fourth-order valence-electron chi connectivity index (χ4n) is 6.73. The number of amidine groups is 1. The number of hydrogen-bond donors (Lipinski definition) is 0. The highest BCUT2D eigenvalue weighted by Gasteiger charge is 2.57. The second-order valence-corrected chi connectivity index (χ2v) is 9.17. The number of hydrogen-bond acceptors (Lipinski definition) is 2. The van der Waals surface area contributed by atoms with Gasteiger partial charge < -0.3 is 0 Å². The Balaban J connectivity index is 1.53. The lowest BCUT2D eigenvalue weighted by Crippen LogP contribution is -2.60. The van der Waals surface area contributed by atoms with Crippen LogP contribution in [0.4, 0.5) is 0 Å². The standard InChI is InChI=1S/C20H30N2O/c1-11-9-16-17(10-12(11)2)22-19(21-16)14-7-3-5-13-6-4-8-15(18(13)14)20(22)23/h11-18H,3-10H2,1-2H3. The molecule has 0 aromatic heterocycles. The third kappa shape index (κ3) is 1.94. The molecule has 0 radical (unpaired) electrons. The molecule has 5 aliphatic rings. The number of aliphatic imine (C=N–C) groups is 1. The van der Waals surface area contributed by atoms with Crippen molar-refractivity contribution in [2.75, 3.05) is 0 Å². The largest absolute Gasteiger partial charge is 0.295 e. The molecule has 3 nitrogen and oxygen atoms in total. The third-order valence-electron chi connectivity index (χ3n) is 8.06. The molecule has 2 heterocycles. The van der Waals surface area contributed by atoms with Gasteiger partial charge in [-0.3, -0.25) is 14.7 Å². The lowest BCUT2D eigenvalue weighted by molar-refractivity contribution is -0.143. The van der Waals surface area contributed by atoms with Crippen molar-refractivity contribution in [1.82, 2.24) is 4.90 Å². The highest BCUT2D eigenvalue weighted by atomic mass is 16.2. The third-order valence-corrected chi connectivity index (χ3v) is 8.06. The van der Waals surface area contributed by atoms with E-state index in [0.717, 1.165) is 30.6 Å². The summed E-state index contributed by atoms with van der Waals surface area (Å²) in [5.41, 5.74) is 0. The number of rotatable bonds is 0. The minimum atomic E-state index is 0.325. The quantitative estimate of drug-likeness (QED) is 0.668. The fraction of sp³-hybridized carbons (Fsp3) is 0.900. The normalized spacial score (nSPS) is 51.7. The first-order valence-corrected chi connectivity index (χ1v) is 10.1. The van der Waals surface area contributed by atoms with Crippen molar-refractivity contribution in [1.29, 1.82) is 0 Å². The topological polar surface area (TPSA) is 32.7 Å². The Bertz CT molecular complexity index is 554. The van der Waals surface area contributed by atoms with Gasteiger partial charge in [0.25, 0.3) is 0 Å². The average Bonchev–Trinajstić information content (AvgIpc) is 2.91. The number of fused-ring (bicyclic) bond motifs is 4. The summed E-state index contributed by atoms with van der Waals surface area (Å²) in [6, 6.07) is 0.799. The molecule has 1 saturated heterocycles. The van der Waals surface area contributed by atoms with E-state index in [2.05, 4.69) is 18.7 Å². The Morgan fingerprint density at radius 1 is 0.957 bits per heavy atom.